The minimum atomic E-state index is -0.109. The highest BCUT2D eigenvalue weighted by atomic mass is 16.3. The number of hydrogen-bond acceptors (Lipinski definition) is 3. The lowest BCUT2D eigenvalue weighted by atomic mass is 9.60. The second-order valence-corrected chi connectivity index (χ2v) is 7.98. The summed E-state index contributed by atoms with van der Waals surface area (Å²) in [4.78, 5) is 5.41. The van der Waals surface area contributed by atoms with Crippen LogP contribution in [0.5, 0.6) is 0 Å². The van der Waals surface area contributed by atoms with Crippen molar-refractivity contribution >= 4 is 0 Å². The molecule has 0 aromatic heterocycles. The number of hydrogen-bond donors (Lipinski definition) is 1. The van der Waals surface area contributed by atoms with E-state index < -0.39 is 0 Å². The monoisotopic (exact) mass is 250 g/mol. The van der Waals surface area contributed by atoms with Crippen LogP contribution in [0.15, 0.2) is 0 Å². The van der Waals surface area contributed by atoms with E-state index in [0.717, 1.165) is 32.1 Å². The van der Waals surface area contributed by atoms with Crippen LogP contribution in [0.1, 0.15) is 39.5 Å². The fourth-order valence-corrected chi connectivity index (χ4v) is 5.71. The summed E-state index contributed by atoms with van der Waals surface area (Å²) in [5.74, 6) is 0.898. The normalized spacial score (nSPS) is 59.5. The van der Waals surface area contributed by atoms with Crippen LogP contribution in [0, 0.1) is 16.7 Å². The molecule has 102 valence electrons. The van der Waals surface area contributed by atoms with E-state index in [2.05, 4.69) is 23.6 Å². The van der Waals surface area contributed by atoms with E-state index in [4.69, 9.17) is 0 Å². The fourth-order valence-electron chi connectivity index (χ4n) is 5.71. The SMILES string of the molecule is CC12CN3CC(C)(CN(C1)C3C1CCCC1)C2O. The van der Waals surface area contributed by atoms with Gasteiger partial charge in [0.1, 0.15) is 0 Å². The Morgan fingerprint density at radius 2 is 1.33 bits per heavy atom. The summed E-state index contributed by atoms with van der Waals surface area (Å²) in [7, 11) is 0. The molecule has 5 rings (SSSR count). The first-order chi connectivity index (χ1) is 8.52. The lowest BCUT2D eigenvalue weighted by Gasteiger charge is -2.69. The smallest absolute Gasteiger partial charge is 0.0696 e. The van der Waals surface area contributed by atoms with Crippen LogP contribution in [0.4, 0.5) is 0 Å². The molecule has 5 fully saturated rings. The van der Waals surface area contributed by atoms with E-state index in [1.807, 2.05) is 0 Å². The lowest BCUT2D eigenvalue weighted by molar-refractivity contribution is -0.260. The van der Waals surface area contributed by atoms with Crippen LogP contribution in [-0.2, 0) is 0 Å². The maximum atomic E-state index is 10.6. The largest absolute Gasteiger partial charge is 0.392 e. The Hall–Kier alpha value is -0.120. The maximum absolute atomic E-state index is 10.6. The molecule has 0 amide bonds. The molecule has 1 aliphatic carbocycles. The van der Waals surface area contributed by atoms with Crippen molar-refractivity contribution in [3.05, 3.63) is 0 Å². The zero-order chi connectivity index (χ0) is 12.5. The van der Waals surface area contributed by atoms with Gasteiger partial charge in [0, 0.05) is 37.0 Å². The molecule has 0 aromatic carbocycles. The van der Waals surface area contributed by atoms with Gasteiger partial charge in [-0.25, -0.2) is 0 Å². The van der Waals surface area contributed by atoms with E-state index >= 15 is 0 Å². The molecule has 5 aliphatic rings. The highest BCUT2D eigenvalue weighted by molar-refractivity contribution is 5.13. The van der Waals surface area contributed by atoms with Crippen molar-refractivity contribution in [3.63, 3.8) is 0 Å². The standard InChI is InChI=1S/C15H26N2O/c1-14-7-16-9-15(2,13(14)18)10-17(8-14)12(16)11-5-3-4-6-11/h11-13,18H,3-10H2,1-2H3. The lowest BCUT2D eigenvalue weighted by Crippen LogP contribution is -2.80. The Bertz CT molecular complexity index is 326. The summed E-state index contributed by atoms with van der Waals surface area (Å²) in [6.07, 6.45) is 6.30. The predicted molar refractivity (Wildman–Crippen MR) is 71.1 cm³/mol. The van der Waals surface area contributed by atoms with E-state index in [-0.39, 0.29) is 16.9 Å². The van der Waals surface area contributed by atoms with Crippen LogP contribution < -0.4 is 0 Å². The van der Waals surface area contributed by atoms with Crippen molar-refractivity contribution in [1.82, 2.24) is 9.80 Å². The highest BCUT2D eigenvalue weighted by Crippen LogP contribution is 2.53. The molecule has 4 aliphatic heterocycles. The summed E-state index contributed by atoms with van der Waals surface area (Å²) in [5.41, 5.74) is 0.223. The van der Waals surface area contributed by atoms with Crippen molar-refractivity contribution < 1.29 is 5.11 Å². The van der Waals surface area contributed by atoms with Gasteiger partial charge < -0.3 is 5.11 Å². The summed E-state index contributed by atoms with van der Waals surface area (Å²) >= 11 is 0. The molecular weight excluding hydrogens is 224 g/mol. The number of rotatable bonds is 1. The van der Waals surface area contributed by atoms with Crippen LogP contribution in [0.3, 0.4) is 0 Å². The van der Waals surface area contributed by atoms with Gasteiger partial charge in [0.05, 0.1) is 12.3 Å². The third kappa shape index (κ3) is 1.36. The highest BCUT2D eigenvalue weighted by Gasteiger charge is 2.62. The molecule has 0 spiro atoms. The van der Waals surface area contributed by atoms with Crippen LogP contribution in [-0.4, -0.2) is 53.4 Å². The van der Waals surface area contributed by atoms with Crippen LogP contribution in [0.25, 0.3) is 0 Å². The van der Waals surface area contributed by atoms with Crippen molar-refractivity contribution in [3.8, 4) is 0 Å². The van der Waals surface area contributed by atoms with Crippen LogP contribution >= 0.6 is 0 Å². The number of aliphatic hydroxyl groups excluding tert-OH is 1. The molecule has 0 atom stereocenters. The molecule has 1 N–H and O–H groups in total. The first-order valence-electron chi connectivity index (χ1n) is 7.68. The molecule has 3 heteroatoms. The molecule has 4 saturated heterocycles. The van der Waals surface area contributed by atoms with E-state index in [9.17, 15) is 5.11 Å². The molecule has 4 heterocycles. The van der Waals surface area contributed by atoms with E-state index in [1.165, 1.54) is 25.7 Å². The molecule has 1 saturated carbocycles. The van der Waals surface area contributed by atoms with Crippen molar-refractivity contribution in [2.75, 3.05) is 26.2 Å². The minimum absolute atomic E-state index is 0.109. The van der Waals surface area contributed by atoms with Gasteiger partial charge in [0.15, 0.2) is 0 Å². The first kappa shape index (κ1) is 11.7. The Labute approximate surface area is 110 Å². The number of piperidine rings is 2. The van der Waals surface area contributed by atoms with Crippen molar-refractivity contribution in [2.24, 2.45) is 16.7 Å². The van der Waals surface area contributed by atoms with Gasteiger partial charge >= 0.3 is 0 Å². The number of aliphatic hydroxyl groups is 1. The quantitative estimate of drug-likeness (QED) is 0.764. The Morgan fingerprint density at radius 3 is 1.78 bits per heavy atom. The van der Waals surface area contributed by atoms with Gasteiger partial charge in [0.2, 0.25) is 0 Å². The average molecular weight is 250 g/mol. The molecule has 3 nitrogen and oxygen atoms in total. The third-order valence-corrected chi connectivity index (χ3v) is 6.15. The Balaban J connectivity index is 1.66. The Morgan fingerprint density at radius 1 is 0.889 bits per heavy atom. The molecular formula is C15H26N2O. The molecule has 18 heavy (non-hydrogen) atoms. The molecule has 0 unspecified atom stereocenters. The second-order valence-electron chi connectivity index (χ2n) is 7.98. The second kappa shape index (κ2) is 3.50. The number of nitrogens with zero attached hydrogens (tertiary/aromatic N) is 2. The molecule has 0 aromatic rings. The van der Waals surface area contributed by atoms with Crippen molar-refractivity contribution in [1.29, 1.82) is 0 Å². The maximum Gasteiger partial charge on any atom is 0.0696 e. The van der Waals surface area contributed by atoms with Gasteiger partial charge in [-0.2, -0.15) is 0 Å². The zero-order valence-corrected chi connectivity index (χ0v) is 11.7. The summed E-state index contributed by atoms with van der Waals surface area (Å²) in [6.45, 7) is 9.03. The van der Waals surface area contributed by atoms with Crippen LogP contribution in [0.2, 0.25) is 0 Å². The summed E-state index contributed by atoms with van der Waals surface area (Å²) < 4.78 is 0. The van der Waals surface area contributed by atoms with E-state index in [0.29, 0.717) is 6.17 Å². The Kier molecular flexibility index (Phi) is 2.27. The van der Waals surface area contributed by atoms with Crippen molar-refractivity contribution in [2.45, 2.75) is 51.8 Å². The summed E-state index contributed by atoms with van der Waals surface area (Å²) in [5, 5.41) is 10.6. The van der Waals surface area contributed by atoms with Gasteiger partial charge in [-0.1, -0.05) is 26.7 Å². The average Bonchev–Trinajstić information content (AvgIpc) is 2.77. The first-order valence-corrected chi connectivity index (χ1v) is 7.68. The van der Waals surface area contributed by atoms with Gasteiger partial charge in [-0.05, 0) is 18.8 Å². The summed E-state index contributed by atoms with van der Waals surface area (Å²) in [6, 6.07) is 0. The fraction of sp³-hybridized carbons (Fsp3) is 1.00. The van der Waals surface area contributed by atoms with Gasteiger partial charge in [0.25, 0.3) is 0 Å². The third-order valence-electron chi connectivity index (χ3n) is 6.15. The van der Waals surface area contributed by atoms with Gasteiger partial charge in [-0.15, -0.1) is 0 Å². The zero-order valence-electron chi connectivity index (χ0n) is 11.7. The minimum Gasteiger partial charge on any atom is -0.392 e. The van der Waals surface area contributed by atoms with Gasteiger partial charge in [-0.3, -0.25) is 9.80 Å². The molecule has 0 radical (unpaired) electrons. The molecule has 4 bridgehead atoms. The predicted octanol–water partition coefficient (Wildman–Crippen LogP) is 1.52. The topological polar surface area (TPSA) is 26.7 Å². The van der Waals surface area contributed by atoms with E-state index in [1.54, 1.807) is 0 Å².